The highest BCUT2D eigenvalue weighted by Crippen LogP contribution is 2.25. The predicted molar refractivity (Wildman–Crippen MR) is 54.4 cm³/mol. The molecular formula is C9H10FIO. The van der Waals surface area contributed by atoms with Gasteiger partial charge in [-0.25, -0.2) is 4.39 Å². The van der Waals surface area contributed by atoms with Crippen LogP contribution in [-0.2, 0) is 5.60 Å². The third kappa shape index (κ3) is 2.17. The van der Waals surface area contributed by atoms with Gasteiger partial charge in [-0.05, 0) is 54.1 Å². The van der Waals surface area contributed by atoms with Crippen LogP contribution in [0.25, 0.3) is 0 Å². The first-order chi connectivity index (χ1) is 5.41. The van der Waals surface area contributed by atoms with E-state index in [1.807, 2.05) is 22.6 Å². The molecular weight excluding hydrogens is 270 g/mol. The van der Waals surface area contributed by atoms with E-state index in [4.69, 9.17) is 0 Å². The molecule has 1 nitrogen and oxygen atoms in total. The first-order valence-electron chi connectivity index (χ1n) is 3.59. The molecule has 0 aromatic heterocycles. The van der Waals surface area contributed by atoms with Crippen LogP contribution in [0.4, 0.5) is 4.39 Å². The third-order valence-corrected chi connectivity index (χ3v) is 2.48. The van der Waals surface area contributed by atoms with Gasteiger partial charge in [-0.3, -0.25) is 0 Å². The molecule has 0 fully saturated rings. The fourth-order valence-electron chi connectivity index (χ4n) is 0.986. The van der Waals surface area contributed by atoms with Crippen molar-refractivity contribution in [1.82, 2.24) is 0 Å². The Morgan fingerprint density at radius 2 is 2.00 bits per heavy atom. The SMILES string of the molecule is CC(C)(O)c1ccc(F)cc1I. The summed E-state index contributed by atoms with van der Waals surface area (Å²) in [6.07, 6.45) is 0. The van der Waals surface area contributed by atoms with Crippen molar-refractivity contribution in [2.75, 3.05) is 0 Å². The lowest BCUT2D eigenvalue weighted by atomic mass is 9.99. The van der Waals surface area contributed by atoms with E-state index in [0.717, 1.165) is 9.13 Å². The van der Waals surface area contributed by atoms with Gasteiger partial charge in [0.15, 0.2) is 0 Å². The van der Waals surface area contributed by atoms with Gasteiger partial charge in [0.2, 0.25) is 0 Å². The normalized spacial score (nSPS) is 11.8. The summed E-state index contributed by atoms with van der Waals surface area (Å²) in [6, 6.07) is 4.38. The van der Waals surface area contributed by atoms with E-state index in [1.54, 1.807) is 19.9 Å². The molecule has 1 rings (SSSR count). The van der Waals surface area contributed by atoms with Crippen molar-refractivity contribution in [2.45, 2.75) is 19.4 Å². The highest BCUT2D eigenvalue weighted by molar-refractivity contribution is 14.1. The summed E-state index contributed by atoms with van der Waals surface area (Å²) in [5.41, 5.74) is -0.144. The number of rotatable bonds is 1. The van der Waals surface area contributed by atoms with Gasteiger partial charge < -0.3 is 5.11 Å². The van der Waals surface area contributed by atoms with Gasteiger partial charge in [0.05, 0.1) is 5.60 Å². The Kier molecular flexibility index (Phi) is 2.73. The van der Waals surface area contributed by atoms with Gasteiger partial charge in [-0.15, -0.1) is 0 Å². The zero-order chi connectivity index (χ0) is 9.35. The fraction of sp³-hybridized carbons (Fsp3) is 0.333. The minimum Gasteiger partial charge on any atom is -0.386 e. The van der Waals surface area contributed by atoms with Gasteiger partial charge >= 0.3 is 0 Å². The number of hydrogen-bond donors (Lipinski definition) is 1. The second-order valence-electron chi connectivity index (χ2n) is 3.18. The van der Waals surface area contributed by atoms with E-state index < -0.39 is 5.60 Å². The molecule has 0 heterocycles. The van der Waals surface area contributed by atoms with Crippen LogP contribution in [0.3, 0.4) is 0 Å². The molecule has 0 saturated carbocycles. The van der Waals surface area contributed by atoms with Crippen molar-refractivity contribution in [3.05, 3.63) is 33.1 Å². The molecule has 0 aliphatic heterocycles. The molecule has 1 N–H and O–H groups in total. The first-order valence-corrected chi connectivity index (χ1v) is 4.67. The van der Waals surface area contributed by atoms with E-state index >= 15 is 0 Å². The topological polar surface area (TPSA) is 20.2 Å². The molecule has 3 heteroatoms. The number of hydrogen-bond acceptors (Lipinski definition) is 1. The van der Waals surface area contributed by atoms with E-state index in [0.29, 0.717) is 0 Å². The summed E-state index contributed by atoms with van der Waals surface area (Å²) < 4.78 is 13.4. The second kappa shape index (κ2) is 3.30. The van der Waals surface area contributed by atoms with Crippen molar-refractivity contribution >= 4 is 22.6 Å². The van der Waals surface area contributed by atoms with Gasteiger partial charge in [0.1, 0.15) is 5.82 Å². The Morgan fingerprint density at radius 3 is 2.42 bits per heavy atom. The number of benzene rings is 1. The van der Waals surface area contributed by atoms with Crippen LogP contribution in [0, 0.1) is 9.39 Å². The Hall–Kier alpha value is -0.160. The molecule has 12 heavy (non-hydrogen) atoms. The summed E-state index contributed by atoms with van der Waals surface area (Å²) in [7, 11) is 0. The molecule has 0 atom stereocenters. The molecule has 0 unspecified atom stereocenters. The van der Waals surface area contributed by atoms with Crippen LogP contribution in [0.2, 0.25) is 0 Å². The third-order valence-electron chi connectivity index (χ3n) is 1.59. The lowest BCUT2D eigenvalue weighted by molar-refractivity contribution is 0.0776. The van der Waals surface area contributed by atoms with Crippen LogP contribution in [0.1, 0.15) is 19.4 Å². The van der Waals surface area contributed by atoms with Crippen molar-refractivity contribution in [2.24, 2.45) is 0 Å². The maximum absolute atomic E-state index is 12.6. The van der Waals surface area contributed by atoms with Crippen LogP contribution in [-0.4, -0.2) is 5.11 Å². The van der Waals surface area contributed by atoms with Crippen LogP contribution < -0.4 is 0 Å². The Labute approximate surface area is 84.7 Å². The standard InChI is InChI=1S/C9H10FIO/c1-9(2,12)7-4-3-6(10)5-8(7)11/h3-5,12H,1-2H3. The zero-order valence-electron chi connectivity index (χ0n) is 6.94. The quantitative estimate of drug-likeness (QED) is 0.784. The lowest BCUT2D eigenvalue weighted by Crippen LogP contribution is -2.17. The van der Waals surface area contributed by atoms with Gasteiger partial charge in [0, 0.05) is 3.57 Å². The monoisotopic (exact) mass is 280 g/mol. The maximum atomic E-state index is 12.6. The largest absolute Gasteiger partial charge is 0.386 e. The van der Waals surface area contributed by atoms with Gasteiger partial charge in [-0.2, -0.15) is 0 Å². The van der Waals surface area contributed by atoms with Crippen molar-refractivity contribution < 1.29 is 9.50 Å². The summed E-state index contributed by atoms with van der Waals surface area (Å²) in [5.74, 6) is -0.271. The van der Waals surface area contributed by atoms with Crippen LogP contribution in [0.5, 0.6) is 0 Å². The van der Waals surface area contributed by atoms with E-state index in [9.17, 15) is 9.50 Å². The molecule has 0 aliphatic carbocycles. The molecule has 0 bridgehead atoms. The van der Waals surface area contributed by atoms with E-state index in [2.05, 4.69) is 0 Å². The van der Waals surface area contributed by atoms with Crippen LogP contribution >= 0.6 is 22.6 Å². The summed E-state index contributed by atoms with van der Waals surface area (Å²) in [5, 5.41) is 9.63. The Balaban J connectivity index is 3.19. The van der Waals surface area contributed by atoms with Crippen molar-refractivity contribution in [3.63, 3.8) is 0 Å². The number of halogens is 2. The Bertz CT molecular complexity index is 291. The maximum Gasteiger partial charge on any atom is 0.124 e. The Morgan fingerprint density at radius 1 is 1.42 bits per heavy atom. The van der Waals surface area contributed by atoms with Gasteiger partial charge in [-0.1, -0.05) is 6.07 Å². The second-order valence-corrected chi connectivity index (χ2v) is 4.35. The highest BCUT2D eigenvalue weighted by Gasteiger charge is 2.18. The summed E-state index contributed by atoms with van der Waals surface area (Å²) >= 11 is 2.01. The summed E-state index contributed by atoms with van der Waals surface area (Å²) in [6.45, 7) is 3.37. The zero-order valence-corrected chi connectivity index (χ0v) is 9.09. The highest BCUT2D eigenvalue weighted by atomic mass is 127. The molecule has 0 aliphatic rings. The molecule has 66 valence electrons. The average molecular weight is 280 g/mol. The van der Waals surface area contributed by atoms with Crippen molar-refractivity contribution in [3.8, 4) is 0 Å². The number of aliphatic hydroxyl groups is 1. The smallest absolute Gasteiger partial charge is 0.124 e. The lowest BCUT2D eigenvalue weighted by Gasteiger charge is -2.19. The minimum absolute atomic E-state index is 0.271. The molecule has 0 radical (unpaired) electrons. The molecule has 1 aromatic carbocycles. The van der Waals surface area contributed by atoms with Crippen molar-refractivity contribution in [1.29, 1.82) is 0 Å². The molecule has 0 amide bonds. The first kappa shape index (κ1) is 9.92. The summed E-state index contributed by atoms with van der Waals surface area (Å²) in [4.78, 5) is 0. The minimum atomic E-state index is -0.899. The molecule has 0 spiro atoms. The van der Waals surface area contributed by atoms with Crippen LogP contribution in [0.15, 0.2) is 18.2 Å². The van der Waals surface area contributed by atoms with Gasteiger partial charge in [0.25, 0.3) is 0 Å². The average Bonchev–Trinajstić information content (AvgIpc) is 1.83. The molecule has 1 aromatic rings. The molecule has 0 saturated heterocycles. The predicted octanol–water partition coefficient (Wildman–Crippen LogP) is 2.66. The fourth-order valence-corrected chi connectivity index (χ4v) is 2.12. The van der Waals surface area contributed by atoms with E-state index in [1.165, 1.54) is 12.1 Å². The van der Waals surface area contributed by atoms with E-state index in [-0.39, 0.29) is 5.82 Å².